The standard InChI is InChI=1S/C21H24N4O2/c1-14(16-9-5-4-6-10-16)22-20(26)15(2)25(3)13-19-23-18-12-8-7-11-17(18)21(27)24-19/h4-12,14-15H,13H2,1-3H3,(H,22,26)(H,23,24,27)/t14-,15+/m1/s1. The van der Waals surface area contributed by atoms with Crippen molar-refractivity contribution in [2.24, 2.45) is 0 Å². The summed E-state index contributed by atoms with van der Waals surface area (Å²) in [7, 11) is 1.84. The number of nitrogens with zero attached hydrogens (tertiary/aromatic N) is 2. The van der Waals surface area contributed by atoms with Gasteiger partial charge in [0, 0.05) is 0 Å². The number of rotatable bonds is 6. The SMILES string of the molecule is C[C@@H](NC(=O)[C@H](C)N(C)Cc1nc2ccccc2c(=O)[nH]1)c1ccccc1. The quantitative estimate of drug-likeness (QED) is 0.705. The van der Waals surface area contributed by atoms with E-state index in [2.05, 4.69) is 15.3 Å². The van der Waals surface area contributed by atoms with Crippen molar-refractivity contribution in [1.82, 2.24) is 20.2 Å². The third kappa shape index (κ3) is 4.41. The molecule has 0 saturated heterocycles. The molecule has 0 aliphatic heterocycles. The van der Waals surface area contributed by atoms with E-state index >= 15 is 0 Å². The molecule has 27 heavy (non-hydrogen) atoms. The number of aromatic amines is 1. The molecule has 0 unspecified atom stereocenters. The fourth-order valence-electron chi connectivity index (χ4n) is 2.94. The van der Waals surface area contributed by atoms with E-state index in [1.165, 1.54) is 0 Å². The first-order chi connectivity index (χ1) is 13.0. The second kappa shape index (κ2) is 8.14. The van der Waals surface area contributed by atoms with Crippen molar-refractivity contribution in [3.63, 3.8) is 0 Å². The van der Waals surface area contributed by atoms with Gasteiger partial charge in [-0.25, -0.2) is 4.98 Å². The minimum absolute atomic E-state index is 0.0722. The average Bonchev–Trinajstić information content (AvgIpc) is 2.68. The van der Waals surface area contributed by atoms with Gasteiger partial charge in [0.05, 0.1) is 29.5 Å². The number of carbonyl (C=O) groups excluding carboxylic acids is 1. The van der Waals surface area contributed by atoms with Crippen LogP contribution in [0.4, 0.5) is 0 Å². The monoisotopic (exact) mass is 364 g/mol. The third-order valence-electron chi connectivity index (χ3n) is 4.76. The summed E-state index contributed by atoms with van der Waals surface area (Å²) in [5.74, 6) is 0.467. The molecule has 0 radical (unpaired) electrons. The van der Waals surface area contributed by atoms with Crippen molar-refractivity contribution in [1.29, 1.82) is 0 Å². The number of H-pyrrole nitrogens is 1. The number of nitrogens with one attached hydrogen (secondary N) is 2. The molecule has 6 heteroatoms. The molecular formula is C21H24N4O2. The second-order valence-corrected chi connectivity index (χ2v) is 6.76. The molecule has 0 saturated carbocycles. The van der Waals surface area contributed by atoms with Crippen LogP contribution in [-0.4, -0.2) is 33.9 Å². The summed E-state index contributed by atoms with van der Waals surface area (Å²) >= 11 is 0. The van der Waals surface area contributed by atoms with Gasteiger partial charge in [0.25, 0.3) is 5.56 Å². The molecule has 2 N–H and O–H groups in total. The van der Waals surface area contributed by atoms with E-state index in [1.54, 1.807) is 6.07 Å². The first-order valence-corrected chi connectivity index (χ1v) is 8.99. The maximum absolute atomic E-state index is 12.6. The molecule has 0 aliphatic rings. The number of amides is 1. The molecule has 0 spiro atoms. The number of carbonyl (C=O) groups is 1. The zero-order valence-electron chi connectivity index (χ0n) is 15.8. The van der Waals surface area contributed by atoms with Gasteiger partial charge in [-0.1, -0.05) is 42.5 Å². The number of benzene rings is 2. The Morgan fingerprint density at radius 3 is 2.52 bits per heavy atom. The minimum Gasteiger partial charge on any atom is -0.348 e. The molecule has 0 fully saturated rings. The van der Waals surface area contributed by atoms with Crippen LogP contribution in [0.25, 0.3) is 10.9 Å². The lowest BCUT2D eigenvalue weighted by Gasteiger charge is -2.25. The molecule has 1 aromatic heterocycles. The highest BCUT2D eigenvalue weighted by Gasteiger charge is 2.21. The Balaban J connectivity index is 1.67. The van der Waals surface area contributed by atoms with Gasteiger partial charge in [-0.2, -0.15) is 0 Å². The van der Waals surface area contributed by atoms with Gasteiger partial charge in [0.1, 0.15) is 5.82 Å². The van der Waals surface area contributed by atoms with Crippen LogP contribution in [0.2, 0.25) is 0 Å². The van der Waals surface area contributed by atoms with Gasteiger partial charge in [0.2, 0.25) is 5.91 Å². The normalized spacial score (nSPS) is 13.5. The fraction of sp³-hybridized carbons (Fsp3) is 0.286. The molecule has 140 valence electrons. The van der Waals surface area contributed by atoms with Crippen LogP contribution >= 0.6 is 0 Å². The van der Waals surface area contributed by atoms with Crippen molar-refractivity contribution in [3.8, 4) is 0 Å². The fourth-order valence-corrected chi connectivity index (χ4v) is 2.94. The summed E-state index contributed by atoms with van der Waals surface area (Å²) in [6, 6.07) is 16.6. The van der Waals surface area contributed by atoms with Crippen LogP contribution in [0, 0.1) is 0 Å². The van der Waals surface area contributed by atoms with E-state index in [1.807, 2.05) is 74.3 Å². The molecule has 3 rings (SSSR count). The molecule has 2 atom stereocenters. The van der Waals surface area contributed by atoms with Crippen LogP contribution in [-0.2, 0) is 11.3 Å². The van der Waals surface area contributed by atoms with Crippen LogP contribution < -0.4 is 10.9 Å². The summed E-state index contributed by atoms with van der Waals surface area (Å²) in [6.07, 6.45) is 0. The highest BCUT2D eigenvalue weighted by Crippen LogP contribution is 2.12. The zero-order valence-corrected chi connectivity index (χ0v) is 15.8. The molecule has 0 bridgehead atoms. The molecule has 0 aliphatic carbocycles. The van der Waals surface area contributed by atoms with Gasteiger partial charge >= 0.3 is 0 Å². The number of likely N-dealkylation sites (N-methyl/N-ethyl adjacent to an activating group) is 1. The van der Waals surface area contributed by atoms with Crippen molar-refractivity contribution >= 4 is 16.8 Å². The Kier molecular flexibility index (Phi) is 5.66. The Morgan fingerprint density at radius 1 is 1.11 bits per heavy atom. The smallest absolute Gasteiger partial charge is 0.258 e. The Bertz CT molecular complexity index is 984. The second-order valence-electron chi connectivity index (χ2n) is 6.76. The summed E-state index contributed by atoms with van der Waals surface area (Å²) in [6.45, 7) is 4.17. The number of hydrogen-bond donors (Lipinski definition) is 2. The average molecular weight is 364 g/mol. The topological polar surface area (TPSA) is 78.1 Å². The molecule has 6 nitrogen and oxygen atoms in total. The Hall–Kier alpha value is -2.99. The zero-order chi connectivity index (χ0) is 19.4. The highest BCUT2D eigenvalue weighted by molar-refractivity contribution is 5.81. The van der Waals surface area contributed by atoms with Gasteiger partial charge in [-0.3, -0.25) is 14.5 Å². The van der Waals surface area contributed by atoms with E-state index in [9.17, 15) is 9.59 Å². The molecule has 3 aromatic rings. The largest absolute Gasteiger partial charge is 0.348 e. The summed E-state index contributed by atoms with van der Waals surface area (Å²) < 4.78 is 0. The number of para-hydroxylation sites is 1. The van der Waals surface area contributed by atoms with Gasteiger partial charge in [-0.05, 0) is 38.6 Å². The number of aromatic nitrogens is 2. The predicted molar refractivity (Wildman–Crippen MR) is 106 cm³/mol. The van der Waals surface area contributed by atoms with Crippen LogP contribution in [0.3, 0.4) is 0 Å². The molecule has 1 heterocycles. The lowest BCUT2D eigenvalue weighted by atomic mass is 10.1. The van der Waals surface area contributed by atoms with Crippen LogP contribution in [0.15, 0.2) is 59.4 Å². The number of fused-ring (bicyclic) bond motifs is 1. The maximum Gasteiger partial charge on any atom is 0.258 e. The Labute approximate surface area is 158 Å². The minimum atomic E-state index is -0.368. The van der Waals surface area contributed by atoms with Crippen molar-refractivity contribution < 1.29 is 4.79 Å². The first kappa shape index (κ1) is 18.8. The van der Waals surface area contributed by atoms with Crippen molar-refractivity contribution in [2.75, 3.05) is 7.05 Å². The lowest BCUT2D eigenvalue weighted by molar-refractivity contribution is -0.126. The molecular weight excluding hydrogens is 340 g/mol. The van der Waals surface area contributed by atoms with Crippen LogP contribution in [0.1, 0.15) is 31.3 Å². The van der Waals surface area contributed by atoms with E-state index in [-0.39, 0.29) is 23.6 Å². The summed E-state index contributed by atoms with van der Waals surface area (Å²) in [4.78, 5) is 33.9. The van der Waals surface area contributed by atoms with Crippen molar-refractivity contribution in [2.45, 2.75) is 32.5 Å². The van der Waals surface area contributed by atoms with Gasteiger partial charge in [0.15, 0.2) is 0 Å². The van der Waals surface area contributed by atoms with Gasteiger partial charge < -0.3 is 10.3 Å². The third-order valence-corrected chi connectivity index (χ3v) is 4.76. The predicted octanol–water partition coefficient (Wildman–Crippen LogP) is 2.62. The van der Waals surface area contributed by atoms with Gasteiger partial charge in [-0.15, -0.1) is 0 Å². The van der Waals surface area contributed by atoms with E-state index in [0.717, 1.165) is 5.56 Å². The van der Waals surface area contributed by atoms with E-state index in [4.69, 9.17) is 0 Å². The number of hydrogen-bond acceptors (Lipinski definition) is 4. The van der Waals surface area contributed by atoms with Crippen LogP contribution in [0.5, 0.6) is 0 Å². The molecule has 1 amide bonds. The lowest BCUT2D eigenvalue weighted by Crippen LogP contribution is -2.44. The highest BCUT2D eigenvalue weighted by atomic mass is 16.2. The van der Waals surface area contributed by atoms with E-state index < -0.39 is 0 Å². The van der Waals surface area contributed by atoms with E-state index in [0.29, 0.717) is 23.3 Å². The Morgan fingerprint density at radius 2 is 1.78 bits per heavy atom. The molecule has 2 aromatic carbocycles. The first-order valence-electron chi connectivity index (χ1n) is 8.99. The summed E-state index contributed by atoms with van der Waals surface area (Å²) in [5.41, 5.74) is 1.54. The summed E-state index contributed by atoms with van der Waals surface area (Å²) in [5, 5.41) is 3.59. The van der Waals surface area contributed by atoms with Crippen molar-refractivity contribution in [3.05, 3.63) is 76.3 Å². The maximum atomic E-state index is 12.6.